The average molecular weight is 292 g/mol. The zero-order valence-corrected chi connectivity index (χ0v) is 14.1. The number of hydrogen-bond donors (Lipinski definition) is 0. The molecule has 0 atom stereocenters. The van der Waals surface area contributed by atoms with Crippen molar-refractivity contribution in [1.29, 1.82) is 0 Å². The maximum absolute atomic E-state index is 5.93. The molecule has 21 heavy (non-hydrogen) atoms. The van der Waals surface area contributed by atoms with E-state index in [4.69, 9.17) is 9.47 Å². The second kappa shape index (κ2) is 11.5. The van der Waals surface area contributed by atoms with Gasteiger partial charge < -0.3 is 9.47 Å². The third kappa shape index (κ3) is 7.40. The van der Waals surface area contributed by atoms with Gasteiger partial charge in [-0.2, -0.15) is 0 Å². The molecule has 0 bridgehead atoms. The van der Waals surface area contributed by atoms with Gasteiger partial charge in [-0.25, -0.2) is 0 Å². The van der Waals surface area contributed by atoms with Gasteiger partial charge in [0.25, 0.3) is 0 Å². The Morgan fingerprint density at radius 1 is 0.762 bits per heavy atom. The van der Waals surface area contributed by atoms with E-state index in [1.165, 1.54) is 37.7 Å². The van der Waals surface area contributed by atoms with Crippen LogP contribution in [0.15, 0.2) is 18.2 Å². The third-order valence-corrected chi connectivity index (χ3v) is 3.60. The first-order valence-electron chi connectivity index (χ1n) is 8.70. The molecule has 0 saturated heterocycles. The number of unbranched alkanes of at least 4 members (excludes halogenated alkanes) is 4. The van der Waals surface area contributed by atoms with E-state index in [1.54, 1.807) is 0 Å². The van der Waals surface area contributed by atoms with Crippen LogP contribution in [-0.4, -0.2) is 13.2 Å². The lowest BCUT2D eigenvalue weighted by molar-refractivity contribution is 0.298. The van der Waals surface area contributed by atoms with Crippen LogP contribution < -0.4 is 9.47 Å². The third-order valence-electron chi connectivity index (χ3n) is 3.60. The van der Waals surface area contributed by atoms with Gasteiger partial charge in [0.1, 0.15) is 11.5 Å². The lowest BCUT2D eigenvalue weighted by atomic mass is 10.1. The van der Waals surface area contributed by atoms with Crippen LogP contribution in [0.5, 0.6) is 11.5 Å². The fourth-order valence-electron chi connectivity index (χ4n) is 2.21. The topological polar surface area (TPSA) is 18.5 Å². The summed E-state index contributed by atoms with van der Waals surface area (Å²) >= 11 is 0. The fourth-order valence-corrected chi connectivity index (χ4v) is 2.21. The lowest BCUT2D eigenvalue weighted by Crippen LogP contribution is -2.02. The number of ether oxygens (including phenoxy) is 2. The van der Waals surface area contributed by atoms with Crippen LogP contribution in [0.2, 0.25) is 0 Å². The number of rotatable bonds is 12. The first-order chi connectivity index (χ1) is 10.3. The molecule has 0 heterocycles. The van der Waals surface area contributed by atoms with Crippen LogP contribution in [0.3, 0.4) is 0 Å². The van der Waals surface area contributed by atoms with Crippen molar-refractivity contribution in [2.24, 2.45) is 0 Å². The van der Waals surface area contributed by atoms with E-state index < -0.39 is 0 Å². The molecule has 0 amide bonds. The van der Waals surface area contributed by atoms with Crippen LogP contribution in [-0.2, 0) is 6.42 Å². The van der Waals surface area contributed by atoms with E-state index in [0.29, 0.717) is 0 Å². The summed E-state index contributed by atoms with van der Waals surface area (Å²) in [5.41, 5.74) is 1.30. The quantitative estimate of drug-likeness (QED) is 0.455. The highest BCUT2D eigenvalue weighted by Gasteiger charge is 2.06. The molecule has 0 aliphatic rings. The van der Waals surface area contributed by atoms with Crippen molar-refractivity contribution in [2.75, 3.05) is 13.2 Å². The largest absolute Gasteiger partial charge is 0.494 e. The van der Waals surface area contributed by atoms with Gasteiger partial charge in [0, 0.05) is 0 Å². The minimum Gasteiger partial charge on any atom is -0.494 e. The molecule has 0 unspecified atom stereocenters. The highest BCUT2D eigenvalue weighted by molar-refractivity contribution is 5.40. The summed E-state index contributed by atoms with van der Waals surface area (Å²) in [5.74, 6) is 2.03. The van der Waals surface area contributed by atoms with E-state index in [2.05, 4.69) is 32.9 Å². The van der Waals surface area contributed by atoms with E-state index >= 15 is 0 Å². The van der Waals surface area contributed by atoms with Gasteiger partial charge in [-0.1, -0.05) is 46.5 Å². The molecule has 0 saturated carbocycles. The summed E-state index contributed by atoms with van der Waals surface area (Å²) in [6, 6.07) is 6.30. The Morgan fingerprint density at radius 3 is 2.10 bits per heavy atom. The maximum Gasteiger partial charge on any atom is 0.122 e. The van der Waals surface area contributed by atoms with Crippen LogP contribution in [0.4, 0.5) is 0 Å². The van der Waals surface area contributed by atoms with Gasteiger partial charge >= 0.3 is 0 Å². The first-order valence-corrected chi connectivity index (χ1v) is 8.70. The van der Waals surface area contributed by atoms with Gasteiger partial charge in [0.2, 0.25) is 0 Å². The Morgan fingerprint density at radius 2 is 1.43 bits per heavy atom. The second-order valence-corrected chi connectivity index (χ2v) is 5.63. The summed E-state index contributed by atoms with van der Waals surface area (Å²) in [6.07, 6.45) is 9.39. The zero-order valence-electron chi connectivity index (χ0n) is 14.1. The summed E-state index contributed by atoms with van der Waals surface area (Å²) in [7, 11) is 0. The molecule has 0 aromatic heterocycles. The van der Waals surface area contributed by atoms with E-state index in [0.717, 1.165) is 44.0 Å². The summed E-state index contributed by atoms with van der Waals surface area (Å²) in [6.45, 7) is 8.23. The molecule has 0 spiro atoms. The van der Waals surface area contributed by atoms with Crippen LogP contribution in [0.25, 0.3) is 0 Å². The van der Waals surface area contributed by atoms with E-state index in [9.17, 15) is 0 Å². The molecule has 0 radical (unpaired) electrons. The lowest BCUT2D eigenvalue weighted by Gasteiger charge is -2.14. The standard InChI is InChI=1S/C19H32O2/c1-4-7-10-11-17-16-18(20-14-8-5-2)12-13-19(17)21-15-9-6-3/h12-13,16H,4-11,14-15H2,1-3H3. The van der Waals surface area contributed by atoms with Crippen molar-refractivity contribution < 1.29 is 9.47 Å². The van der Waals surface area contributed by atoms with Gasteiger partial charge in [-0.15, -0.1) is 0 Å². The predicted molar refractivity (Wildman–Crippen MR) is 90.5 cm³/mol. The molecule has 1 aromatic carbocycles. The Hall–Kier alpha value is -1.18. The minimum absolute atomic E-state index is 0.806. The van der Waals surface area contributed by atoms with Crippen LogP contribution in [0.1, 0.15) is 71.3 Å². The van der Waals surface area contributed by atoms with Gasteiger partial charge in [-0.05, 0) is 49.4 Å². The molecule has 1 rings (SSSR count). The average Bonchev–Trinajstić information content (AvgIpc) is 2.50. The SMILES string of the molecule is CCCCCc1cc(OCCCC)ccc1OCCCC. The normalized spacial score (nSPS) is 10.6. The van der Waals surface area contributed by atoms with Crippen molar-refractivity contribution in [3.63, 3.8) is 0 Å². The monoisotopic (exact) mass is 292 g/mol. The molecule has 2 heteroatoms. The number of benzene rings is 1. The Kier molecular flexibility index (Phi) is 9.77. The molecule has 0 fully saturated rings. The van der Waals surface area contributed by atoms with Crippen molar-refractivity contribution in [3.05, 3.63) is 23.8 Å². The second-order valence-electron chi connectivity index (χ2n) is 5.63. The fraction of sp³-hybridized carbons (Fsp3) is 0.684. The van der Waals surface area contributed by atoms with E-state index in [1.807, 2.05) is 6.07 Å². The van der Waals surface area contributed by atoms with Gasteiger partial charge in [-0.3, -0.25) is 0 Å². The molecule has 0 aliphatic carbocycles. The van der Waals surface area contributed by atoms with E-state index in [-0.39, 0.29) is 0 Å². The zero-order chi connectivity index (χ0) is 15.3. The minimum atomic E-state index is 0.806. The molecule has 2 nitrogen and oxygen atoms in total. The Balaban J connectivity index is 2.65. The molecular formula is C19H32O2. The van der Waals surface area contributed by atoms with Crippen molar-refractivity contribution in [3.8, 4) is 11.5 Å². The van der Waals surface area contributed by atoms with Crippen molar-refractivity contribution in [1.82, 2.24) is 0 Å². The molecule has 0 N–H and O–H groups in total. The first kappa shape index (κ1) is 17.9. The number of hydrogen-bond acceptors (Lipinski definition) is 2. The van der Waals surface area contributed by atoms with Crippen LogP contribution in [0, 0.1) is 0 Å². The highest BCUT2D eigenvalue weighted by Crippen LogP contribution is 2.26. The highest BCUT2D eigenvalue weighted by atomic mass is 16.5. The molecule has 0 aliphatic heterocycles. The molecular weight excluding hydrogens is 260 g/mol. The maximum atomic E-state index is 5.93. The smallest absolute Gasteiger partial charge is 0.122 e. The van der Waals surface area contributed by atoms with Crippen molar-refractivity contribution in [2.45, 2.75) is 72.1 Å². The molecule has 1 aromatic rings. The summed E-state index contributed by atoms with van der Waals surface area (Å²) in [4.78, 5) is 0. The molecule has 120 valence electrons. The summed E-state index contributed by atoms with van der Waals surface area (Å²) < 4.78 is 11.8. The summed E-state index contributed by atoms with van der Waals surface area (Å²) in [5, 5.41) is 0. The van der Waals surface area contributed by atoms with Gasteiger partial charge in [0.15, 0.2) is 0 Å². The van der Waals surface area contributed by atoms with Crippen LogP contribution >= 0.6 is 0 Å². The van der Waals surface area contributed by atoms with Gasteiger partial charge in [0.05, 0.1) is 13.2 Å². The Bertz CT molecular complexity index is 374. The number of aryl methyl sites for hydroxylation is 1. The predicted octanol–water partition coefficient (Wildman–Crippen LogP) is 5.78. The van der Waals surface area contributed by atoms with Crippen molar-refractivity contribution >= 4 is 0 Å². The Labute approximate surface area is 130 Å².